The van der Waals surface area contributed by atoms with Crippen molar-refractivity contribution >= 4 is 17.7 Å². The van der Waals surface area contributed by atoms with E-state index >= 15 is 0 Å². The molecule has 0 unspecified atom stereocenters. The Bertz CT molecular complexity index is 546. The molecule has 6 nitrogen and oxygen atoms in total. The molecule has 1 aliphatic rings. The van der Waals surface area contributed by atoms with Crippen molar-refractivity contribution in [1.82, 2.24) is 14.9 Å². The van der Waals surface area contributed by atoms with E-state index < -0.39 is 5.60 Å². The maximum atomic E-state index is 12.0. The number of rotatable bonds is 4. The van der Waals surface area contributed by atoms with Crippen molar-refractivity contribution < 1.29 is 14.3 Å². The van der Waals surface area contributed by atoms with Gasteiger partial charge in [0.25, 0.3) is 0 Å². The van der Waals surface area contributed by atoms with Crippen LogP contribution in [0.3, 0.4) is 0 Å². The zero-order valence-electron chi connectivity index (χ0n) is 14.8. The number of aryl methyl sites for hydroxylation is 1. The van der Waals surface area contributed by atoms with Gasteiger partial charge in [-0.25, -0.2) is 9.78 Å². The van der Waals surface area contributed by atoms with Crippen molar-refractivity contribution in [2.24, 2.45) is 5.92 Å². The van der Waals surface area contributed by atoms with Crippen LogP contribution in [0.25, 0.3) is 0 Å². The Morgan fingerprint density at radius 1 is 1.33 bits per heavy atom. The minimum absolute atomic E-state index is 0.204. The summed E-state index contributed by atoms with van der Waals surface area (Å²) in [6, 6.07) is 1.77. The third-order valence-electron chi connectivity index (χ3n) is 3.85. The molecule has 0 saturated carbocycles. The van der Waals surface area contributed by atoms with Crippen LogP contribution in [-0.4, -0.2) is 46.3 Å². The van der Waals surface area contributed by atoms with E-state index in [4.69, 9.17) is 21.1 Å². The lowest BCUT2D eigenvalue weighted by Gasteiger charge is -2.33. The molecule has 1 aromatic heterocycles. The van der Waals surface area contributed by atoms with Crippen LogP contribution in [0.5, 0.6) is 5.88 Å². The average molecular weight is 356 g/mol. The van der Waals surface area contributed by atoms with E-state index in [1.54, 1.807) is 11.0 Å². The quantitative estimate of drug-likeness (QED) is 0.767. The van der Waals surface area contributed by atoms with Gasteiger partial charge in [0.2, 0.25) is 11.2 Å². The zero-order chi connectivity index (χ0) is 17.7. The highest BCUT2D eigenvalue weighted by molar-refractivity contribution is 6.28. The molecule has 1 fully saturated rings. The van der Waals surface area contributed by atoms with Crippen molar-refractivity contribution in [2.75, 3.05) is 19.7 Å². The van der Waals surface area contributed by atoms with Crippen LogP contribution in [0, 0.1) is 12.8 Å². The molecule has 1 saturated heterocycles. The molecule has 2 heterocycles. The first-order valence-electron chi connectivity index (χ1n) is 8.35. The molecule has 0 aliphatic carbocycles. The highest BCUT2D eigenvalue weighted by atomic mass is 35.5. The predicted molar refractivity (Wildman–Crippen MR) is 92.4 cm³/mol. The smallest absolute Gasteiger partial charge is 0.410 e. The van der Waals surface area contributed by atoms with Crippen molar-refractivity contribution in [3.05, 3.63) is 17.0 Å². The largest absolute Gasteiger partial charge is 0.478 e. The van der Waals surface area contributed by atoms with Crippen molar-refractivity contribution in [3.8, 4) is 5.88 Å². The molecule has 0 aromatic carbocycles. The molecule has 7 heteroatoms. The second kappa shape index (κ2) is 8.01. The summed E-state index contributed by atoms with van der Waals surface area (Å²) >= 11 is 5.82. The molecule has 0 N–H and O–H groups in total. The molecule has 2 rings (SSSR count). The van der Waals surface area contributed by atoms with Crippen molar-refractivity contribution in [3.63, 3.8) is 0 Å². The number of halogens is 1. The molecule has 0 atom stereocenters. The summed E-state index contributed by atoms with van der Waals surface area (Å²) in [5.41, 5.74) is 0.342. The topological polar surface area (TPSA) is 64.5 Å². The number of amides is 1. The van der Waals surface area contributed by atoms with E-state index in [0.717, 1.165) is 38.0 Å². The Balaban J connectivity index is 1.70. The number of hydrogen-bond donors (Lipinski definition) is 0. The molecule has 0 spiro atoms. The Hall–Kier alpha value is -1.56. The van der Waals surface area contributed by atoms with Gasteiger partial charge in [0, 0.05) is 24.8 Å². The van der Waals surface area contributed by atoms with Crippen LogP contribution in [0.4, 0.5) is 4.79 Å². The van der Waals surface area contributed by atoms with Gasteiger partial charge < -0.3 is 14.4 Å². The van der Waals surface area contributed by atoms with Gasteiger partial charge >= 0.3 is 6.09 Å². The van der Waals surface area contributed by atoms with E-state index in [1.165, 1.54) is 0 Å². The maximum absolute atomic E-state index is 12.0. The number of piperidine rings is 1. The third kappa shape index (κ3) is 6.15. The van der Waals surface area contributed by atoms with Gasteiger partial charge in [0.05, 0.1) is 6.61 Å². The number of hydrogen-bond acceptors (Lipinski definition) is 5. The summed E-state index contributed by atoms with van der Waals surface area (Å²) in [4.78, 5) is 21.9. The maximum Gasteiger partial charge on any atom is 0.410 e. The monoisotopic (exact) mass is 355 g/mol. The number of nitrogens with zero attached hydrogens (tertiary/aromatic N) is 3. The molecule has 1 aromatic rings. The SMILES string of the molecule is Cc1cc(OCCC2CCN(C(=O)OC(C)(C)C)CC2)nc(Cl)n1. The normalized spacial score (nSPS) is 16.1. The van der Waals surface area contributed by atoms with Crippen molar-refractivity contribution in [1.29, 1.82) is 0 Å². The molecule has 1 aliphatic heterocycles. The number of ether oxygens (including phenoxy) is 2. The Kier molecular flexibility index (Phi) is 6.27. The summed E-state index contributed by atoms with van der Waals surface area (Å²) < 4.78 is 11.1. The fourth-order valence-corrected chi connectivity index (χ4v) is 2.86. The molecule has 24 heavy (non-hydrogen) atoms. The fourth-order valence-electron chi connectivity index (χ4n) is 2.64. The molecular weight excluding hydrogens is 330 g/mol. The van der Waals surface area contributed by atoms with Gasteiger partial charge in [-0.05, 0) is 64.5 Å². The van der Waals surface area contributed by atoms with Gasteiger partial charge in [0.1, 0.15) is 5.60 Å². The second-order valence-electron chi connectivity index (χ2n) is 7.16. The predicted octanol–water partition coefficient (Wildman–Crippen LogP) is 3.85. The number of likely N-dealkylation sites (tertiary alicyclic amines) is 1. The first-order valence-corrected chi connectivity index (χ1v) is 8.72. The average Bonchev–Trinajstić information content (AvgIpc) is 2.45. The summed E-state index contributed by atoms with van der Waals surface area (Å²) in [6.07, 6.45) is 2.64. The lowest BCUT2D eigenvalue weighted by molar-refractivity contribution is 0.0177. The van der Waals surface area contributed by atoms with E-state index in [9.17, 15) is 4.79 Å². The number of carbonyl (C=O) groups excluding carboxylic acids is 1. The van der Waals surface area contributed by atoms with Crippen LogP contribution in [0.1, 0.15) is 45.7 Å². The van der Waals surface area contributed by atoms with Crippen LogP contribution in [0.2, 0.25) is 5.28 Å². The van der Waals surface area contributed by atoms with Crippen molar-refractivity contribution in [2.45, 2.75) is 52.6 Å². The second-order valence-corrected chi connectivity index (χ2v) is 7.50. The molecule has 134 valence electrons. The third-order valence-corrected chi connectivity index (χ3v) is 4.01. The van der Waals surface area contributed by atoms with Gasteiger partial charge in [-0.1, -0.05) is 0 Å². The minimum Gasteiger partial charge on any atom is -0.478 e. The summed E-state index contributed by atoms with van der Waals surface area (Å²) in [5, 5.41) is 0.204. The Labute approximate surface area is 148 Å². The van der Waals surface area contributed by atoms with Crippen LogP contribution >= 0.6 is 11.6 Å². The van der Waals surface area contributed by atoms with Gasteiger partial charge in [-0.15, -0.1) is 0 Å². The first-order chi connectivity index (χ1) is 11.2. The fraction of sp³-hybridized carbons (Fsp3) is 0.706. The number of aromatic nitrogens is 2. The highest BCUT2D eigenvalue weighted by Crippen LogP contribution is 2.22. The first kappa shape index (κ1) is 18.8. The Morgan fingerprint density at radius 3 is 2.58 bits per heavy atom. The van der Waals surface area contributed by atoms with E-state index in [0.29, 0.717) is 18.4 Å². The minimum atomic E-state index is -0.446. The molecule has 0 bridgehead atoms. The van der Waals surface area contributed by atoms with E-state index in [-0.39, 0.29) is 11.4 Å². The molecular formula is C17H26ClN3O3. The molecule has 1 amide bonds. The lowest BCUT2D eigenvalue weighted by Crippen LogP contribution is -2.41. The summed E-state index contributed by atoms with van der Waals surface area (Å²) in [7, 11) is 0. The summed E-state index contributed by atoms with van der Waals surface area (Å²) in [5.74, 6) is 1.06. The molecule has 0 radical (unpaired) electrons. The van der Waals surface area contributed by atoms with Gasteiger partial charge in [0.15, 0.2) is 0 Å². The lowest BCUT2D eigenvalue weighted by atomic mass is 9.94. The van der Waals surface area contributed by atoms with E-state index in [1.807, 2.05) is 27.7 Å². The van der Waals surface area contributed by atoms with Crippen LogP contribution < -0.4 is 4.74 Å². The van der Waals surface area contributed by atoms with Gasteiger partial charge in [-0.3, -0.25) is 0 Å². The van der Waals surface area contributed by atoms with Crippen LogP contribution in [-0.2, 0) is 4.74 Å². The van der Waals surface area contributed by atoms with Gasteiger partial charge in [-0.2, -0.15) is 4.98 Å². The highest BCUT2D eigenvalue weighted by Gasteiger charge is 2.26. The Morgan fingerprint density at radius 2 is 2.00 bits per heavy atom. The standard InChI is InChI=1S/C17H26ClN3O3/c1-12-11-14(20-15(18)19-12)23-10-7-13-5-8-21(9-6-13)16(22)24-17(2,3)4/h11,13H,5-10H2,1-4H3. The zero-order valence-corrected chi connectivity index (χ0v) is 15.6. The summed E-state index contributed by atoms with van der Waals surface area (Å²) in [6.45, 7) is 9.56. The van der Waals surface area contributed by atoms with E-state index in [2.05, 4.69) is 9.97 Å². The van der Waals surface area contributed by atoms with Crippen LogP contribution in [0.15, 0.2) is 6.07 Å². The number of carbonyl (C=O) groups is 1.